The van der Waals surface area contributed by atoms with Crippen LogP contribution >= 0.6 is 0 Å². The Hall–Kier alpha value is -0.210. The van der Waals surface area contributed by atoms with Gasteiger partial charge in [0.2, 0.25) is 0 Å². The van der Waals surface area contributed by atoms with Gasteiger partial charge < -0.3 is 18.9 Å². The SMILES string of the molecule is NC1CCOC1=O.[O-][Br+2]([O-])O. The van der Waals surface area contributed by atoms with Crippen LogP contribution in [0.5, 0.6) is 0 Å². The summed E-state index contributed by atoms with van der Waals surface area (Å²) in [5.74, 6) is -0.264. The average molecular weight is 230 g/mol. The van der Waals surface area contributed by atoms with E-state index in [4.69, 9.17) is 18.3 Å². The summed E-state index contributed by atoms with van der Waals surface area (Å²) >= 11 is -3.40. The molecule has 0 spiro atoms. The molecule has 1 heterocycles. The van der Waals surface area contributed by atoms with Crippen molar-refractivity contribution in [3.05, 3.63) is 0 Å². The number of nitrogens with two attached hydrogens (primary N) is 1. The lowest BCUT2D eigenvalue weighted by atomic mass is 10.3. The Labute approximate surface area is 68.4 Å². The highest BCUT2D eigenvalue weighted by Gasteiger charge is 2.20. The lowest BCUT2D eigenvalue weighted by molar-refractivity contribution is -1.63. The minimum absolute atomic E-state index is 0.264. The highest BCUT2D eigenvalue weighted by molar-refractivity contribution is 5.77. The number of cyclic esters (lactones) is 1. The molecule has 6 nitrogen and oxygen atoms in total. The van der Waals surface area contributed by atoms with Crippen LogP contribution in [-0.4, -0.2) is 22.8 Å². The molecule has 0 bridgehead atoms. The molecule has 1 atom stereocenters. The summed E-state index contributed by atoms with van der Waals surface area (Å²) in [6.45, 7) is 0.500. The Morgan fingerprint density at radius 3 is 2.27 bits per heavy atom. The van der Waals surface area contributed by atoms with Gasteiger partial charge in [0.05, 0.1) is 6.61 Å². The van der Waals surface area contributed by atoms with Gasteiger partial charge in [0.15, 0.2) is 0 Å². The Morgan fingerprint density at radius 2 is 2.18 bits per heavy atom. The molecule has 11 heavy (non-hydrogen) atoms. The first kappa shape index (κ1) is 10.8. The maximum Gasteiger partial charge on any atom is 0.433 e. The second kappa shape index (κ2) is 5.44. The zero-order chi connectivity index (χ0) is 8.85. The van der Waals surface area contributed by atoms with Crippen molar-refractivity contribution in [2.24, 2.45) is 5.73 Å². The van der Waals surface area contributed by atoms with Crippen molar-refractivity contribution in [3.8, 4) is 0 Å². The zero-order valence-electron chi connectivity index (χ0n) is 5.53. The largest absolute Gasteiger partial charge is 0.464 e. The molecule has 0 aliphatic carbocycles. The van der Waals surface area contributed by atoms with Gasteiger partial charge in [0.25, 0.3) is 0 Å². The predicted octanol–water partition coefficient (Wildman–Crippen LogP) is -3.67. The van der Waals surface area contributed by atoms with Crippen molar-refractivity contribution >= 4 is 5.97 Å². The van der Waals surface area contributed by atoms with Gasteiger partial charge in [-0.25, -0.2) is 0 Å². The summed E-state index contributed by atoms with van der Waals surface area (Å²) in [7, 11) is 0. The Balaban J connectivity index is 0.000000218. The molecule has 66 valence electrons. The van der Waals surface area contributed by atoms with Crippen molar-refractivity contribution in [1.82, 2.24) is 0 Å². The molecule has 1 aliphatic rings. The minimum atomic E-state index is -3.40. The van der Waals surface area contributed by atoms with Gasteiger partial charge >= 0.3 is 20.8 Å². The molecule has 0 radical (unpaired) electrons. The number of esters is 1. The summed E-state index contributed by atoms with van der Waals surface area (Å²) < 4.78 is 28.8. The Bertz CT molecular complexity index is 127. The van der Waals surface area contributed by atoms with Crippen LogP contribution in [-0.2, 0) is 9.53 Å². The third-order valence-corrected chi connectivity index (χ3v) is 0.976. The van der Waals surface area contributed by atoms with Gasteiger partial charge in [0, 0.05) is 6.42 Å². The first-order chi connectivity index (χ1) is 5.04. The number of rotatable bonds is 0. The van der Waals surface area contributed by atoms with E-state index in [0.29, 0.717) is 13.0 Å². The number of carbonyl (C=O) groups is 1. The number of halogens is 1. The van der Waals surface area contributed by atoms with Gasteiger partial charge in [-0.2, -0.15) is 0 Å². The number of hydrogen-bond acceptors (Lipinski definition) is 6. The smallest absolute Gasteiger partial charge is 0.433 e. The van der Waals surface area contributed by atoms with E-state index >= 15 is 0 Å². The monoisotopic (exact) mass is 229 g/mol. The summed E-state index contributed by atoms with van der Waals surface area (Å²) in [6, 6.07) is -0.347. The zero-order valence-corrected chi connectivity index (χ0v) is 7.11. The molecule has 0 aromatic carbocycles. The van der Waals surface area contributed by atoms with Crippen LogP contribution in [0, 0.1) is 14.8 Å². The predicted molar refractivity (Wildman–Crippen MR) is 25.8 cm³/mol. The molecular weight excluding hydrogens is 222 g/mol. The molecule has 1 rings (SSSR count). The molecule has 1 saturated heterocycles. The lowest BCUT2D eigenvalue weighted by Gasteiger charge is -1.89. The standard InChI is InChI=1S/C4H7NO2.BrHO3/c5-3-1-2-7-4(3)6;2-1(3)4/h3H,1-2,5H2;2H. The molecule has 1 aliphatic heterocycles. The Morgan fingerprint density at radius 1 is 1.73 bits per heavy atom. The normalized spacial score (nSPS) is 22.6. The van der Waals surface area contributed by atoms with Gasteiger partial charge in [-0.1, -0.05) is 0 Å². The fourth-order valence-corrected chi connectivity index (χ4v) is 0.511. The first-order valence-electron chi connectivity index (χ1n) is 2.70. The van der Waals surface area contributed by atoms with E-state index in [-0.39, 0.29) is 12.0 Å². The highest BCUT2D eigenvalue weighted by atomic mass is 80.0. The van der Waals surface area contributed by atoms with E-state index in [1.54, 1.807) is 0 Å². The fourth-order valence-electron chi connectivity index (χ4n) is 0.511. The van der Waals surface area contributed by atoms with Gasteiger partial charge in [-0.15, -0.1) is 0 Å². The van der Waals surface area contributed by atoms with Gasteiger partial charge in [-0.3, -0.25) is 4.79 Å². The van der Waals surface area contributed by atoms with Crippen LogP contribution in [0.3, 0.4) is 0 Å². The number of hydrogen-bond donors (Lipinski definition) is 2. The molecular formula is C4H8BrNO5. The average Bonchev–Trinajstić information content (AvgIpc) is 2.15. The Kier molecular flexibility index (Phi) is 5.34. The van der Waals surface area contributed by atoms with Crippen molar-refractivity contribution < 1.29 is 36.9 Å². The van der Waals surface area contributed by atoms with Gasteiger partial charge in [-0.05, 0) is 4.20 Å². The van der Waals surface area contributed by atoms with E-state index in [1.165, 1.54) is 0 Å². The first-order valence-corrected chi connectivity index (χ1v) is 4.71. The van der Waals surface area contributed by atoms with Crippen molar-refractivity contribution in [1.29, 1.82) is 0 Å². The molecule has 3 N–H and O–H groups in total. The molecule has 1 unspecified atom stereocenters. The summed E-state index contributed by atoms with van der Waals surface area (Å²) in [4.78, 5) is 10.2. The molecule has 0 amide bonds. The van der Waals surface area contributed by atoms with Crippen molar-refractivity contribution in [3.63, 3.8) is 0 Å². The van der Waals surface area contributed by atoms with Crippen LogP contribution in [0.4, 0.5) is 0 Å². The van der Waals surface area contributed by atoms with Crippen LogP contribution in [0.2, 0.25) is 0 Å². The van der Waals surface area contributed by atoms with Crippen LogP contribution in [0.1, 0.15) is 6.42 Å². The minimum Gasteiger partial charge on any atom is -0.464 e. The summed E-state index contributed by atoms with van der Waals surface area (Å²) in [6.07, 6.45) is 0.679. The second-order valence-electron chi connectivity index (χ2n) is 1.76. The van der Waals surface area contributed by atoms with E-state index < -0.39 is 14.8 Å². The molecule has 0 saturated carbocycles. The van der Waals surface area contributed by atoms with E-state index in [9.17, 15) is 4.79 Å². The van der Waals surface area contributed by atoms with Crippen LogP contribution < -0.4 is 14.1 Å². The number of ether oxygens (including phenoxy) is 1. The van der Waals surface area contributed by atoms with E-state index in [0.717, 1.165) is 0 Å². The number of carbonyl (C=O) groups excluding carboxylic acids is 1. The maximum atomic E-state index is 10.2. The van der Waals surface area contributed by atoms with E-state index in [1.807, 2.05) is 0 Å². The fraction of sp³-hybridized carbons (Fsp3) is 0.750. The van der Waals surface area contributed by atoms with E-state index in [2.05, 4.69) is 4.74 Å². The van der Waals surface area contributed by atoms with Crippen LogP contribution in [0.25, 0.3) is 0 Å². The molecule has 0 aromatic rings. The third kappa shape index (κ3) is 6.20. The third-order valence-electron chi connectivity index (χ3n) is 0.976. The molecule has 7 heteroatoms. The second-order valence-corrected chi connectivity index (χ2v) is 2.61. The molecule has 1 fully saturated rings. The van der Waals surface area contributed by atoms with Crippen molar-refractivity contribution in [2.75, 3.05) is 6.61 Å². The summed E-state index contributed by atoms with van der Waals surface area (Å²) in [5, 5.41) is 0. The highest BCUT2D eigenvalue weighted by Crippen LogP contribution is 2.00. The molecule has 0 aromatic heterocycles. The summed E-state index contributed by atoms with van der Waals surface area (Å²) in [5.41, 5.74) is 5.20. The van der Waals surface area contributed by atoms with Crippen LogP contribution in [0.15, 0.2) is 0 Å². The maximum absolute atomic E-state index is 10.2. The van der Waals surface area contributed by atoms with Gasteiger partial charge in [0.1, 0.15) is 6.04 Å². The quantitative estimate of drug-likeness (QED) is 0.414. The topological polar surface area (TPSA) is 119 Å². The van der Waals surface area contributed by atoms with Crippen molar-refractivity contribution in [2.45, 2.75) is 12.5 Å². The lowest BCUT2D eigenvalue weighted by Crippen LogP contribution is -2.30.